The monoisotopic (exact) mass is 416 g/mol. The number of carboxylic acid groups (broad SMARTS) is 1. The third kappa shape index (κ3) is 4.86. The maximum absolute atomic E-state index is 10.9. The predicted molar refractivity (Wildman–Crippen MR) is 108 cm³/mol. The average molecular weight is 417 g/mol. The highest BCUT2D eigenvalue weighted by atomic mass is 35.5. The van der Waals surface area contributed by atoms with Crippen molar-refractivity contribution in [3.8, 4) is 34.3 Å². The molecule has 152 valence electrons. The van der Waals surface area contributed by atoms with E-state index in [9.17, 15) is 4.79 Å². The van der Waals surface area contributed by atoms with Crippen molar-refractivity contribution in [1.29, 1.82) is 0 Å². The molecule has 3 aromatic rings. The maximum Gasteiger partial charge on any atom is 0.303 e. The molecule has 0 aliphatic rings. The summed E-state index contributed by atoms with van der Waals surface area (Å²) in [4.78, 5) is 15.4. The number of para-hydroxylation sites is 1. The van der Waals surface area contributed by atoms with E-state index < -0.39 is 5.97 Å². The van der Waals surface area contributed by atoms with Crippen molar-refractivity contribution in [2.75, 3.05) is 7.11 Å². The molecule has 29 heavy (non-hydrogen) atoms. The van der Waals surface area contributed by atoms with Crippen LogP contribution in [0.25, 0.3) is 22.8 Å². The molecule has 1 aromatic heterocycles. The van der Waals surface area contributed by atoms with Crippen molar-refractivity contribution >= 4 is 17.6 Å². The van der Waals surface area contributed by atoms with Crippen LogP contribution in [0.15, 0.2) is 40.9 Å². The Morgan fingerprint density at radius 3 is 2.72 bits per heavy atom. The summed E-state index contributed by atoms with van der Waals surface area (Å²) in [5.41, 5.74) is 2.04. The Kier molecular flexibility index (Phi) is 6.39. The SMILES string of the molecule is COc1c(CCC(=O)O)cccc1-c1noc(-c2ccc(OC(C)C)c(Cl)c2)n1. The fraction of sp³-hybridized carbons (Fsp3) is 0.286. The highest BCUT2D eigenvalue weighted by Gasteiger charge is 2.18. The number of halogens is 1. The number of benzene rings is 2. The lowest BCUT2D eigenvalue weighted by Crippen LogP contribution is -2.05. The molecule has 1 N–H and O–H groups in total. The minimum Gasteiger partial charge on any atom is -0.496 e. The molecule has 1 heterocycles. The van der Waals surface area contributed by atoms with E-state index >= 15 is 0 Å². The first-order valence-corrected chi connectivity index (χ1v) is 9.45. The molecule has 0 aliphatic carbocycles. The quantitative estimate of drug-likeness (QED) is 0.559. The van der Waals surface area contributed by atoms with Crippen molar-refractivity contribution in [2.24, 2.45) is 0 Å². The molecule has 0 atom stereocenters. The lowest BCUT2D eigenvalue weighted by Gasteiger charge is -2.11. The summed E-state index contributed by atoms with van der Waals surface area (Å²) in [6.07, 6.45) is 0.346. The summed E-state index contributed by atoms with van der Waals surface area (Å²) < 4.78 is 16.5. The molecule has 3 rings (SSSR count). The van der Waals surface area contributed by atoms with Gasteiger partial charge >= 0.3 is 5.97 Å². The molecule has 7 nitrogen and oxygen atoms in total. The van der Waals surface area contributed by atoms with E-state index in [1.165, 1.54) is 7.11 Å². The second-order valence-corrected chi connectivity index (χ2v) is 7.03. The molecule has 0 unspecified atom stereocenters. The molecule has 0 saturated heterocycles. The summed E-state index contributed by atoms with van der Waals surface area (Å²) in [5, 5.41) is 13.4. The van der Waals surface area contributed by atoms with Gasteiger partial charge in [-0.15, -0.1) is 0 Å². The number of carboxylic acids is 1. The van der Waals surface area contributed by atoms with Crippen molar-refractivity contribution in [2.45, 2.75) is 32.8 Å². The Labute approximate surface area is 173 Å². The van der Waals surface area contributed by atoms with Gasteiger partial charge in [-0.05, 0) is 50.1 Å². The van der Waals surface area contributed by atoms with Gasteiger partial charge in [0, 0.05) is 12.0 Å². The first kappa shape index (κ1) is 20.7. The zero-order chi connectivity index (χ0) is 21.0. The number of nitrogens with zero attached hydrogens (tertiary/aromatic N) is 2. The van der Waals surface area contributed by atoms with Gasteiger partial charge in [-0.3, -0.25) is 4.79 Å². The third-order valence-electron chi connectivity index (χ3n) is 4.12. The Bertz CT molecular complexity index is 1020. The average Bonchev–Trinajstić information content (AvgIpc) is 3.17. The second-order valence-electron chi connectivity index (χ2n) is 6.63. The molecule has 0 bridgehead atoms. The van der Waals surface area contributed by atoms with Crippen LogP contribution in [-0.2, 0) is 11.2 Å². The van der Waals surface area contributed by atoms with Crippen molar-refractivity contribution in [3.63, 3.8) is 0 Å². The summed E-state index contributed by atoms with van der Waals surface area (Å²) in [5.74, 6) is 0.877. The minimum absolute atomic E-state index is 0.000599. The standard InChI is InChI=1S/C21H21ClN2O5/c1-12(2)28-17-9-7-14(11-16(17)22)21-23-20(24-29-21)15-6-4-5-13(19(15)27-3)8-10-18(25)26/h4-7,9,11-12H,8,10H2,1-3H3,(H,25,26). The Balaban J connectivity index is 1.91. The van der Waals surface area contributed by atoms with E-state index in [-0.39, 0.29) is 12.5 Å². The van der Waals surface area contributed by atoms with Crippen molar-refractivity contribution in [1.82, 2.24) is 10.1 Å². The lowest BCUT2D eigenvalue weighted by atomic mass is 10.0. The van der Waals surface area contributed by atoms with Crippen LogP contribution in [0.3, 0.4) is 0 Å². The molecule has 0 fully saturated rings. The van der Waals surface area contributed by atoms with Gasteiger partial charge in [0.2, 0.25) is 5.82 Å². The first-order valence-electron chi connectivity index (χ1n) is 9.07. The number of rotatable bonds is 8. The fourth-order valence-electron chi connectivity index (χ4n) is 2.87. The van der Waals surface area contributed by atoms with Gasteiger partial charge in [-0.1, -0.05) is 28.9 Å². The molecule has 2 aromatic carbocycles. The normalized spacial score (nSPS) is 10.9. The zero-order valence-corrected chi connectivity index (χ0v) is 17.1. The van der Waals surface area contributed by atoms with Crippen LogP contribution in [-0.4, -0.2) is 34.4 Å². The number of aliphatic carboxylic acids is 1. The van der Waals surface area contributed by atoms with E-state index in [1.54, 1.807) is 30.3 Å². The van der Waals surface area contributed by atoms with Gasteiger partial charge in [-0.2, -0.15) is 4.98 Å². The number of hydrogen-bond donors (Lipinski definition) is 1. The zero-order valence-electron chi connectivity index (χ0n) is 16.3. The van der Waals surface area contributed by atoms with E-state index in [4.69, 9.17) is 30.7 Å². The molecule has 8 heteroatoms. The van der Waals surface area contributed by atoms with Gasteiger partial charge in [0.05, 0.1) is 23.8 Å². The van der Waals surface area contributed by atoms with Gasteiger partial charge in [0.15, 0.2) is 0 Å². The molecule has 0 saturated carbocycles. The summed E-state index contributed by atoms with van der Waals surface area (Å²) >= 11 is 6.29. The van der Waals surface area contributed by atoms with Crippen LogP contribution < -0.4 is 9.47 Å². The third-order valence-corrected chi connectivity index (χ3v) is 4.41. The van der Waals surface area contributed by atoms with Crippen LogP contribution in [0.5, 0.6) is 11.5 Å². The Hall–Kier alpha value is -3.06. The number of ether oxygens (including phenoxy) is 2. The summed E-state index contributed by atoms with van der Waals surface area (Å²) in [6, 6.07) is 10.7. The molecular formula is C21H21ClN2O5. The topological polar surface area (TPSA) is 94.7 Å². The van der Waals surface area contributed by atoms with E-state index in [1.807, 2.05) is 19.9 Å². The molecule has 0 amide bonds. The van der Waals surface area contributed by atoms with Gasteiger partial charge in [0.25, 0.3) is 5.89 Å². The van der Waals surface area contributed by atoms with Crippen LogP contribution in [0, 0.1) is 0 Å². The minimum atomic E-state index is -0.874. The van der Waals surface area contributed by atoms with Gasteiger partial charge in [0.1, 0.15) is 11.5 Å². The van der Waals surface area contributed by atoms with Crippen LogP contribution in [0.4, 0.5) is 0 Å². The molecular weight excluding hydrogens is 396 g/mol. The van der Waals surface area contributed by atoms with E-state index in [2.05, 4.69) is 10.1 Å². The molecule has 0 aliphatic heterocycles. The van der Waals surface area contributed by atoms with Gasteiger partial charge < -0.3 is 19.1 Å². The van der Waals surface area contributed by atoms with Crippen LogP contribution in [0.2, 0.25) is 5.02 Å². The van der Waals surface area contributed by atoms with Crippen LogP contribution >= 0.6 is 11.6 Å². The number of hydrogen-bond acceptors (Lipinski definition) is 6. The Morgan fingerprint density at radius 2 is 2.07 bits per heavy atom. The lowest BCUT2D eigenvalue weighted by molar-refractivity contribution is -0.136. The number of methoxy groups -OCH3 is 1. The number of aromatic nitrogens is 2. The first-order chi connectivity index (χ1) is 13.9. The van der Waals surface area contributed by atoms with Crippen LogP contribution in [0.1, 0.15) is 25.8 Å². The summed E-state index contributed by atoms with van der Waals surface area (Å²) in [7, 11) is 1.53. The van der Waals surface area contributed by atoms with E-state index in [0.717, 1.165) is 5.56 Å². The van der Waals surface area contributed by atoms with E-state index in [0.29, 0.717) is 45.8 Å². The highest BCUT2D eigenvalue weighted by molar-refractivity contribution is 6.32. The van der Waals surface area contributed by atoms with Crippen molar-refractivity contribution < 1.29 is 23.9 Å². The highest BCUT2D eigenvalue weighted by Crippen LogP contribution is 2.35. The number of aryl methyl sites for hydroxylation is 1. The van der Waals surface area contributed by atoms with Gasteiger partial charge in [-0.25, -0.2) is 0 Å². The Morgan fingerprint density at radius 1 is 1.28 bits per heavy atom. The maximum atomic E-state index is 10.9. The largest absolute Gasteiger partial charge is 0.496 e. The smallest absolute Gasteiger partial charge is 0.303 e. The molecule has 0 spiro atoms. The summed E-state index contributed by atoms with van der Waals surface area (Å²) in [6.45, 7) is 3.85. The fourth-order valence-corrected chi connectivity index (χ4v) is 3.10. The van der Waals surface area contributed by atoms with Crippen molar-refractivity contribution in [3.05, 3.63) is 47.0 Å². The predicted octanol–water partition coefficient (Wildman–Crippen LogP) is 4.87. The molecule has 0 radical (unpaired) electrons. The second kappa shape index (κ2) is 8.96. The number of carbonyl (C=O) groups is 1.